The summed E-state index contributed by atoms with van der Waals surface area (Å²) in [5, 5.41) is 5.49. The first kappa shape index (κ1) is 24.9. The third kappa shape index (κ3) is 6.66. The van der Waals surface area contributed by atoms with Gasteiger partial charge in [-0.1, -0.05) is 24.3 Å². The van der Waals surface area contributed by atoms with Crippen molar-refractivity contribution >= 4 is 50.7 Å². The normalized spacial score (nSPS) is 11.1. The van der Waals surface area contributed by atoms with Gasteiger partial charge >= 0.3 is 0 Å². The van der Waals surface area contributed by atoms with Crippen molar-refractivity contribution in [3.05, 3.63) is 89.5 Å². The second-order valence-corrected chi connectivity index (χ2v) is 9.54. The van der Waals surface area contributed by atoms with Crippen LogP contribution in [0.25, 0.3) is 6.08 Å². The van der Waals surface area contributed by atoms with Crippen LogP contribution >= 0.6 is 12.2 Å². The Morgan fingerprint density at radius 3 is 2.29 bits per heavy atom. The summed E-state index contributed by atoms with van der Waals surface area (Å²) in [5.74, 6) is 0.231. The molecule has 176 valence electrons. The Labute approximate surface area is 204 Å². The zero-order chi connectivity index (χ0) is 24.7. The lowest BCUT2D eigenvalue weighted by atomic mass is 10.1. The van der Waals surface area contributed by atoms with Crippen molar-refractivity contribution in [3.63, 3.8) is 0 Å². The second kappa shape index (κ2) is 11.0. The molecule has 0 saturated carbocycles. The number of methoxy groups -OCH3 is 1. The monoisotopic (exact) mass is 495 g/mol. The van der Waals surface area contributed by atoms with E-state index in [-0.39, 0.29) is 10.0 Å². The standard InChI is InChI=1S/C25H25N3O4S2/c1-17-8-10-21(16-18(17)2)28-34(30,31)22-13-11-20(12-14-22)26-25(33)27-24(29)15-9-19-6-4-5-7-23(19)32-3/h4-16,28H,1-3H3,(H2,26,27,29,33)/b15-9+. The van der Waals surface area contributed by atoms with Crippen molar-refractivity contribution in [2.24, 2.45) is 0 Å². The van der Waals surface area contributed by atoms with Crippen LogP contribution in [0.1, 0.15) is 16.7 Å². The molecule has 3 rings (SSSR count). The van der Waals surface area contributed by atoms with Crippen LogP contribution in [-0.2, 0) is 14.8 Å². The summed E-state index contributed by atoms with van der Waals surface area (Å²) in [5.41, 5.74) is 3.86. The fraction of sp³-hybridized carbons (Fsp3) is 0.120. The van der Waals surface area contributed by atoms with E-state index in [0.717, 1.165) is 16.7 Å². The average molecular weight is 496 g/mol. The lowest BCUT2D eigenvalue weighted by Crippen LogP contribution is -2.32. The number of hydrogen-bond donors (Lipinski definition) is 3. The van der Waals surface area contributed by atoms with Crippen LogP contribution in [-0.4, -0.2) is 26.5 Å². The van der Waals surface area contributed by atoms with Gasteiger partial charge in [0.05, 0.1) is 12.0 Å². The molecule has 34 heavy (non-hydrogen) atoms. The van der Waals surface area contributed by atoms with Crippen LogP contribution in [0.3, 0.4) is 0 Å². The van der Waals surface area contributed by atoms with E-state index in [2.05, 4.69) is 15.4 Å². The summed E-state index contributed by atoms with van der Waals surface area (Å²) in [6.07, 6.45) is 2.97. The first-order valence-electron chi connectivity index (χ1n) is 10.3. The minimum atomic E-state index is -3.75. The molecule has 1 amide bonds. The Hall–Kier alpha value is -3.69. The van der Waals surface area contributed by atoms with E-state index in [9.17, 15) is 13.2 Å². The van der Waals surface area contributed by atoms with Crippen molar-refractivity contribution < 1.29 is 17.9 Å². The number of carbonyl (C=O) groups is 1. The molecule has 3 N–H and O–H groups in total. The summed E-state index contributed by atoms with van der Waals surface area (Å²) < 4.78 is 33.2. The Kier molecular flexibility index (Phi) is 8.04. The summed E-state index contributed by atoms with van der Waals surface area (Å²) >= 11 is 5.18. The molecule has 0 aliphatic heterocycles. The van der Waals surface area contributed by atoms with Crippen molar-refractivity contribution in [1.29, 1.82) is 0 Å². The van der Waals surface area contributed by atoms with Gasteiger partial charge < -0.3 is 10.1 Å². The molecule has 0 saturated heterocycles. The first-order valence-corrected chi connectivity index (χ1v) is 12.2. The van der Waals surface area contributed by atoms with Crippen LogP contribution < -0.4 is 20.1 Å². The zero-order valence-corrected chi connectivity index (χ0v) is 20.6. The summed E-state index contributed by atoms with van der Waals surface area (Å²) in [6, 6.07) is 18.7. The molecule has 3 aromatic rings. The van der Waals surface area contributed by atoms with Gasteiger partial charge in [-0.25, -0.2) is 8.42 Å². The van der Waals surface area contributed by atoms with Crippen LogP contribution in [0.2, 0.25) is 0 Å². The van der Waals surface area contributed by atoms with Gasteiger partial charge in [0, 0.05) is 23.0 Å². The summed E-state index contributed by atoms with van der Waals surface area (Å²) in [6.45, 7) is 3.88. The molecule has 0 bridgehead atoms. The largest absolute Gasteiger partial charge is 0.496 e. The highest BCUT2D eigenvalue weighted by Crippen LogP contribution is 2.21. The number of nitrogens with one attached hydrogen (secondary N) is 3. The maximum absolute atomic E-state index is 12.7. The SMILES string of the molecule is COc1ccccc1/C=C/C(=O)NC(=S)Nc1ccc(S(=O)(=O)Nc2ccc(C)c(C)c2)cc1. The molecular formula is C25H25N3O4S2. The fourth-order valence-corrected chi connectivity index (χ4v) is 4.29. The molecule has 0 aliphatic carbocycles. The minimum Gasteiger partial charge on any atom is -0.496 e. The zero-order valence-electron chi connectivity index (χ0n) is 19.0. The molecule has 0 radical (unpaired) electrons. The number of sulfonamides is 1. The van der Waals surface area contributed by atoms with E-state index in [1.54, 1.807) is 43.5 Å². The molecule has 0 atom stereocenters. The Balaban J connectivity index is 1.59. The minimum absolute atomic E-state index is 0.0820. The first-order chi connectivity index (χ1) is 16.2. The molecule has 0 unspecified atom stereocenters. The highest BCUT2D eigenvalue weighted by Gasteiger charge is 2.14. The molecule has 7 nitrogen and oxygen atoms in total. The van der Waals surface area contributed by atoms with E-state index in [1.165, 1.54) is 18.2 Å². The van der Waals surface area contributed by atoms with Gasteiger partial charge in [0.1, 0.15) is 5.75 Å². The molecule has 0 spiro atoms. The van der Waals surface area contributed by atoms with Gasteiger partial charge in [0.2, 0.25) is 5.91 Å². The summed E-state index contributed by atoms with van der Waals surface area (Å²) in [4.78, 5) is 12.3. The second-order valence-electron chi connectivity index (χ2n) is 7.45. The van der Waals surface area contributed by atoms with Crippen molar-refractivity contribution in [2.45, 2.75) is 18.7 Å². The highest BCUT2D eigenvalue weighted by molar-refractivity contribution is 7.92. The quantitative estimate of drug-likeness (QED) is 0.326. The number of hydrogen-bond acceptors (Lipinski definition) is 5. The van der Waals surface area contributed by atoms with E-state index < -0.39 is 15.9 Å². The lowest BCUT2D eigenvalue weighted by molar-refractivity contribution is -0.115. The third-order valence-corrected chi connectivity index (χ3v) is 6.57. The Bertz CT molecular complexity index is 1330. The maximum Gasteiger partial charge on any atom is 0.261 e. The van der Waals surface area contributed by atoms with Crippen molar-refractivity contribution in [2.75, 3.05) is 17.1 Å². The number of ether oxygens (including phenoxy) is 1. The molecular weight excluding hydrogens is 470 g/mol. The Morgan fingerprint density at radius 1 is 0.941 bits per heavy atom. The van der Waals surface area contributed by atoms with E-state index in [4.69, 9.17) is 17.0 Å². The van der Waals surface area contributed by atoms with Crippen molar-refractivity contribution in [3.8, 4) is 5.75 Å². The van der Waals surface area contributed by atoms with Gasteiger partial charge in [-0.05, 0) is 85.7 Å². The number of anilines is 2. The number of rotatable bonds is 7. The average Bonchev–Trinajstić information content (AvgIpc) is 2.80. The number of benzene rings is 3. The smallest absolute Gasteiger partial charge is 0.261 e. The van der Waals surface area contributed by atoms with Crippen LogP contribution in [0.5, 0.6) is 5.75 Å². The lowest BCUT2D eigenvalue weighted by Gasteiger charge is -2.11. The van der Waals surface area contributed by atoms with Crippen LogP contribution in [0.15, 0.2) is 77.7 Å². The van der Waals surface area contributed by atoms with E-state index >= 15 is 0 Å². The molecule has 0 aliphatic rings. The summed E-state index contributed by atoms with van der Waals surface area (Å²) in [7, 11) is -2.19. The van der Waals surface area contributed by atoms with Crippen LogP contribution in [0.4, 0.5) is 11.4 Å². The molecule has 0 heterocycles. The van der Waals surface area contributed by atoms with Gasteiger partial charge in [0.15, 0.2) is 5.11 Å². The number of para-hydroxylation sites is 1. The number of aryl methyl sites for hydroxylation is 2. The van der Waals surface area contributed by atoms with E-state index in [0.29, 0.717) is 17.1 Å². The fourth-order valence-electron chi connectivity index (χ4n) is 3.02. The van der Waals surface area contributed by atoms with Gasteiger partial charge in [0.25, 0.3) is 10.0 Å². The predicted molar refractivity (Wildman–Crippen MR) is 140 cm³/mol. The predicted octanol–water partition coefficient (Wildman–Crippen LogP) is 4.64. The molecule has 0 aromatic heterocycles. The Morgan fingerprint density at radius 2 is 1.62 bits per heavy atom. The molecule has 9 heteroatoms. The number of carbonyl (C=O) groups excluding carboxylic acids is 1. The van der Waals surface area contributed by atoms with E-state index in [1.807, 2.05) is 38.1 Å². The molecule has 0 fully saturated rings. The highest BCUT2D eigenvalue weighted by atomic mass is 32.2. The number of thiocarbonyl (C=S) groups is 1. The molecule has 3 aromatic carbocycles. The third-order valence-electron chi connectivity index (χ3n) is 4.97. The van der Waals surface area contributed by atoms with Crippen LogP contribution in [0, 0.1) is 13.8 Å². The van der Waals surface area contributed by atoms with Gasteiger partial charge in [-0.15, -0.1) is 0 Å². The van der Waals surface area contributed by atoms with Gasteiger partial charge in [-0.2, -0.15) is 0 Å². The van der Waals surface area contributed by atoms with Crippen molar-refractivity contribution in [1.82, 2.24) is 5.32 Å². The maximum atomic E-state index is 12.7. The topological polar surface area (TPSA) is 96.5 Å². The number of amides is 1. The van der Waals surface area contributed by atoms with Gasteiger partial charge in [-0.3, -0.25) is 14.8 Å².